The van der Waals surface area contributed by atoms with Crippen LogP contribution in [0, 0.1) is 0 Å². The summed E-state index contributed by atoms with van der Waals surface area (Å²) in [5, 5.41) is 3.65. The van der Waals surface area contributed by atoms with Crippen molar-refractivity contribution in [1.29, 1.82) is 0 Å². The molecule has 1 saturated heterocycles. The summed E-state index contributed by atoms with van der Waals surface area (Å²) in [7, 11) is 0. The van der Waals surface area contributed by atoms with Gasteiger partial charge in [0.15, 0.2) is 0 Å². The van der Waals surface area contributed by atoms with Gasteiger partial charge in [-0.1, -0.05) is 18.2 Å². The Kier molecular flexibility index (Phi) is 4.44. The van der Waals surface area contributed by atoms with E-state index in [1.165, 1.54) is 24.9 Å². The van der Waals surface area contributed by atoms with E-state index in [-0.39, 0.29) is 11.1 Å². The van der Waals surface area contributed by atoms with Crippen LogP contribution in [0.5, 0.6) is 0 Å². The van der Waals surface area contributed by atoms with E-state index in [1.54, 1.807) is 6.07 Å². The molecule has 0 unspecified atom stereocenters. The number of aromatic nitrogens is 1. The topological polar surface area (TPSA) is 65.2 Å². The smallest absolute Gasteiger partial charge is 0.261 e. The third-order valence-electron chi connectivity index (χ3n) is 4.84. The molecule has 0 atom stereocenters. The number of aromatic amines is 1. The standard InChI is InChI=1S/C21H21N3O2/c25-20(18-14-15-6-2-3-7-19(15)23-21(18)26)22-16-8-10-17(11-9-16)24-12-4-1-5-13-24/h2-3,6-11,14H,1,4-5,12-13H2,(H,22,25)(H,23,26). The summed E-state index contributed by atoms with van der Waals surface area (Å²) in [5.74, 6) is -0.400. The number of pyridine rings is 1. The van der Waals surface area contributed by atoms with E-state index in [0.29, 0.717) is 5.69 Å². The highest BCUT2D eigenvalue weighted by Crippen LogP contribution is 2.22. The molecule has 0 spiro atoms. The zero-order valence-electron chi connectivity index (χ0n) is 14.5. The van der Waals surface area contributed by atoms with Crippen molar-refractivity contribution in [3.8, 4) is 0 Å². The Labute approximate surface area is 151 Å². The Morgan fingerprint density at radius 2 is 1.69 bits per heavy atom. The quantitative estimate of drug-likeness (QED) is 0.758. The SMILES string of the molecule is O=C(Nc1ccc(N2CCCCC2)cc1)c1cc2ccccc2[nH]c1=O. The van der Waals surface area contributed by atoms with E-state index < -0.39 is 5.91 Å². The van der Waals surface area contributed by atoms with Crippen molar-refractivity contribution in [3.05, 3.63) is 70.5 Å². The van der Waals surface area contributed by atoms with Gasteiger partial charge < -0.3 is 15.2 Å². The van der Waals surface area contributed by atoms with Crippen molar-refractivity contribution < 1.29 is 4.79 Å². The minimum atomic E-state index is -0.400. The number of hydrogen-bond donors (Lipinski definition) is 2. The molecule has 1 aromatic heterocycles. The molecule has 2 heterocycles. The number of nitrogens with zero attached hydrogens (tertiary/aromatic N) is 1. The minimum absolute atomic E-state index is 0.115. The van der Waals surface area contributed by atoms with E-state index in [4.69, 9.17) is 0 Å². The molecular weight excluding hydrogens is 326 g/mol. The molecule has 26 heavy (non-hydrogen) atoms. The van der Waals surface area contributed by atoms with Crippen molar-refractivity contribution in [3.63, 3.8) is 0 Å². The van der Waals surface area contributed by atoms with Gasteiger partial charge in [-0.05, 0) is 61.0 Å². The van der Waals surface area contributed by atoms with E-state index in [9.17, 15) is 9.59 Å². The predicted octanol–water partition coefficient (Wildman–Crippen LogP) is 3.77. The first-order valence-corrected chi connectivity index (χ1v) is 8.99. The van der Waals surface area contributed by atoms with Gasteiger partial charge in [0.25, 0.3) is 11.5 Å². The van der Waals surface area contributed by atoms with Crippen LogP contribution in [-0.2, 0) is 0 Å². The number of benzene rings is 2. The van der Waals surface area contributed by atoms with Gasteiger partial charge in [0, 0.05) is 30.0 Å². The van der Waals surface area contributed by atoms with E-state index in [2.05, 4.69) is 15.2 Å². The van der Waals surface area contributed by atoms with Gasteiger partial charge >= 0.3 is 0 Å². The Bertz CT molecular complexity index is 986. The highest BCUT2D eigenvalue weighted by Gasteiger charge is 2.13. The minimum Gasteiger partial charge on any atom is -0.372 e. The molecule has 0 radical (unpaired) electrons. The first-order valence-electron chi connectivity index (χ1n) is 8.99. The summed E-state index contributed by atoms with van der Waals surface area (Å²) in [6.07, 6.45) is 3.75. The largest absolute Gasteiger partial charge is 0.372 e. The Hall–Kier alpha value is -3.08. The number of H-pyrrole nitrogens is 1. The first-order chi connectivity index (χ1) is 12.7. The van der Waals surface area contributed by atoms with Crippen molar-refractivity contribution in [2.24, 2.45) is 0 Å². The average molecular weight is 347 g/mol. The fourth-order valence-electron chi connectivity index (χ4n) is 3.42. The number of rotatable bonds is 3. The average Bonchev–Trinajstić information content (AvgIpc) is 2.68. The van der Waals surface area contributed by atoms with Crippen LogP contribution in [0.15, 0.2) is 59.4 Å². The molecule has 3 aromatic rings. The summed E-state index contributed by atoms with van der Waals surface area (Å²) in [6, 6.07) is 16.9. The van der Waals surface area contributed by atoms with Crippen LogP contribution in [-0.4, -0.2) is 24.0 Å². The van der Waals surface area contributed by atoms with Gasteiger partial charge in [0.1, 0.15) is 5.56 Å². The molecule has 0 aliphatic carbocycles. The molecule has 1 aliphatic rings. The van der Waals surface area contributed by atoms with Crippen molar-refractivity contribution in [2.45, 2.75) is 19.3 Å². The lowest BCUT2D eigenvalue weighted by atomic mass is 10.1. The molecule has 1 amide bonds. The number of carbonyl (C=O) groups is 1. The monoisotopic (exact) mass is 347 g/mol. The second kappa shape index (κ2) is 7.04. The van der Waals surface area contributed by atoms with Gasteiger partial charge in [-0.2, -0.15) is 0 Å². The molecular formula is C21H21N3O2. The lowest BCUT2D eigenvalue weighted by Gasteiger charge is -2.28. The Balaban J connectivity index is 1.52. The number of amides is 1. The molecule has 5 nitrogen and oxygen atoms in total. The van der Waals surface area contributed by atoms with Gasteiger partial charge in [0.05, 0.1) is 0 Å². The van der Waals surface area contributed by atoms with Crippen molar-refractivity contribution in [1.82, 2.24) is 4.98 Å². The summed E-state index contributed by atoms with van der Waals surface area (Å²) in [5.41, 5.74) is 2.31. The van der Waals surface area contributed by atoms with Gasteiger partial charge in [-0.25, -0.2) is 0 Å². The number of piperidine rings is 1. The number of hydrogen-bond acceptors (Lipinski definition) is 3. The Morgan fingerprint density at radius 1 is 0.962 bits per heavy atom. The highest BCUT2D eigenvalue weighted by molar-refractivity contribution is 6.05. The molecule has 2 N–H and O–H groups in total. The summed E-state index contributed by atoms with van der Waals surface area (Å²) in [6.45, 7) is 2.16. The molecule has 132 valence electrons. The van der Waals surface area contributed by atoms with Gasteiger partial charge in [-0.3, -0.25) is 9.59 Å². The number of fused-ring (bicyclic) bond motifs is 1. The molecule has 2 aromatic carbocycles. The van der Waals surface area contributed by atoms with Crippen LogP contribution in [0.4, 0.5) is 11.4 Å². The first kappa shape index (κ1) is 16.4. The number of nitrogens with one attached hydrogen (secondary N) is 2. The van der Waals surface area contributed by atoms with E-state index in [0.717, 1.165) is 24.0 Å². The van der Waals surface area contributed by atoms with Crippen molar-refractivity contribution >= 4 is 28.2 Å². The lowest BCUT2D eigenvalue weighted by molar-refractivity contribution is 0.102. The molecule has 1 fully saturated rings. The predicted molar refractivity (Wildman–Crippen MR) is 105 cm³/mol. The third kappa shape index (κ3) is 3.33. The lowest BCUT2D eigenvalue weighted by Crippen LogP contribution is -2.29. The number of para-hydroxylation sites is 1. The van der Waals surface area contributed by atoms with Crippen LogP contribution in [0.3, 0.4) is 0 Å². The van der Waals surface area contributed by atoms with Crippen LogP contribution in [0.25, 0.3) is 10.9 Å². The van der Waals surface area contributed by atoms with E-state index >= 15 is 0 Å². The third-order valence-corrected chi connectivity index (χ3v) is 4.84. The maximum absolute atomic E-state index is 12.5. The highest BCUT2D eigenvalue weighted by atomic mass is 16.2. The van der Waals surface area contributed by atoms with Crippen LogP contribution < -0.4 is 15.8 Å². The summed E-state index contributed by atoms with van der Waals surface area (Å²) in [4.78, 5) is 29.8. The number of carbonyl (C=O) groups excluding carboxylic acids is 1. The van der Waals surface area contributed by atoms with Crippen molar-refractivity contribution in [2.75, 3.05) is 23.3 Å². The number of anilines is 2. The molecule has 0 bridgehead atoms. The maximum atomic E-state index is 12.5. The molecule has 4 rings (SSSR count). The summed E-state index contributed by atoms with van der Waals surface area (Å²) >= 11 is 0. The Morgan fingerprint density at radius 3 is 2.46 bits per heavy atom. The van der Waals surface area contributed by atoms with Crippen LogP contribution in [0.2, 0.25) is 0 Å². The fourth-order valence-corrected chi connectivity index (χ4v) is 3.42. The normalized spacial score (nSPS) is 14.4. The second-order valence-electron chi connectivity index (χ2n) is 6.65. The maximum Gasteiger partial charge on any atom is 0.261 e. The molecule has 1 aliphatic heterocycles. The molecule has 0 saturated carbocycles. The molecule has 5 heteroatoms. The van der Waals surface area contributed by atoms with Gasteiger partial charge in [0.2, 0.25) is 0 Å². The second-order valence-corrected chi connectivity index (χ2v) is 6.65. The zero-order chi connectivity index (χ0) is 17.9. The van der Waals surface area contributed by atoms with Crippen LogP contribution in [0.1, 0.15) is 29.6 Å². The zero-order valence-corrected chi connectivity index (χ0v) is 14.5. The summed E-state index contributed by atoms with van der Waals surface area (Å²) < 4.78 is 0. The fraction of sp³-hybridized carbons (Fsp3) is 0.238. The van der Waals surface area contributed by atoms with Gasteiger partial charge in [-0.15, -0.1) is 0 Å². The van der Waals surface area contributed by atoms with E-state index in [1.807, 2.05) is 48.5 Å². The van der Waals surface area contributed by atoms with Crippen LogP contribution >= 0.6 is 0 Å².